The van der Waals surface area contributed by atoms with Crippen molar-refractivity contribution in [3.8, 4) is 0 Å². The van der Waals surface area contributed by atoms with Gasteiger partial charge in [-0.15, -0.1) is 5.10 Å². The molecule has 8 heteroatoms. The van der Waals surface area contributed by atoms with Crippen molar-refractivity contribution in [3.05, 3.63) is 83.2 Å². The Labute approximate surface area is 160 Å². The minimum absolute atomic E-state index is 0.137. The largest absolute Gasteiger partial charge is 0.416 e. The van der Waals surface area contributed by atoms with Crippen LogP contribution in [-0.2, 0) is 18.3 Å². The van der Waals surface area contributed by atoms with Crippen molar-refractivity contribution in [2.45, 2.75) is 32.1 Å². The number of hydrogen-bond donors (Lipinski definition) is 1. The topological polar surface area (TPSA) is 59.8 Å². The van der Waals surface area contributed by atoms with Crippen LogP contribution >= 0.6 is 0 Å². The lowest BCUT2D eigenvalue weighted by atomic mass is 10.0. The van der Waals surface area contributed by atoms with E-state index in [1.54, 1.807) is 24.7 Å². The van der Waals surface area contributed by atoms with Gasteiger partial charge in [-0.25, -0.2) is 4.68 Å². The first-order valence-electron chi connectivity index (χ1n) is 8.59. The van der Waals surface area contributed by atoms with Crippen LogP contribution in [0, 0.1) is 0 Å². The molecule has 1 heterocycles. The van der Waals surface area contributed by atoms with E-state index >= 15 is 0 Å². The van der Waals surface area contributed by atoms with E-state index in [1.165, 1.54) is 0 Å². The maximum Gasteiger partial charge on any atom is 0.416 e. The van der Waals surface area contributed by atoms with Gasteiger partial charge in [-0.2, -0.15) is 13.2 Å². The highest BCUT2D eigenvalue weighted by molar-refractivity contribution is 5.94. The Kier molecular flexibility index (Phi) is 5.22. The third-order valence-electron chi connectivity index (χ3n) is 4.27. The molecule has 1 amide bonds. The summed E-state index contributed by atoms with van der Waals surface area (Å²) in [5, 5.41) is 11.0. The fraction of sp³-hybridized carbons (Fsp3) is 0.250. The molecule has 28 heavy (non-hydrogen) atoms. The van der Waals surface area contributed by atoms with Gasteiger partial charge >= 0.3 is 6.18 Å². The molecule has 0 aliphatic carbocycles. The van der Waals surface area contributed by atoms with E-state index in [0.717, 1.165) is 29.8 Å². The van der Waals surface area contributed by atoms with Gasteiger partial charge in [0, 0.05) is 5.56 Å². The van der Waals surface area contributed by atoms with E-state index in [4.69, 9.17) is 0 Å². The van der Waals surface area contributed by atoms with Gasteiger partial charge in [0.25, 0.3) is 5.91 Å². The summed E-state index contributed by atoms with van der Waals surface area (Å²) in [7, 11) is 0. The molecule has 2 aromatic carbocycles. The number of alkyl halides is 3. The molecule has 146 valence electrons. The molecule has 0 aliphatic rings. The first-order valence-corrected chi connectivity index (χ1v) is 8.59. The first-order chi connectivity index (χ1) is 13.1. The summed E-state index contributed by atoms with van der Waals surface area (Å²) in [5.74, 6) is -0.490. The Bertz CT molecular complexity index is 948. The van der Waals surface area contributed by atoms with Crippen LogP contribution in [0.1, 0.15) is 41.0 Å². The number of carbonyl (C=O) groups excluding carboxylic acids is 1. The van der Waals surface area contributed by atoms with Crippen molar-refractivity contribution in [1.82, 2.24) is 20.3 Å². The molecule has 1 aromatic heterocycles. The number of aromatic nitrogens is 3. The Balaban J connectivity index is 1.70. The van der Waals surface area contributed by atoms with Crippen LogP contribution in [0.5, 0.6) is 0 Å². The third kappa shape index (κ3) is 4.57. The summed E-state index contributed by atoms with van der Waals surface area (Å²) in [4.78, 5) is 12.4. The molecule has 0 bridgehead atoms. The third-order valence-corrected chi connectivity index (χ3v) is 4.27. The molecule has 0 radical (unpaired) electrons. The van der Waals surface area contributed by atoms with Crippen LogP contribution in [0.15, 0.2) is 60.8 Å². The van der Waals surface area contributed by atoms with Crippen LogP contribution in [0.25, 0.3) is 0 Å². The number of hydrogen-bond acceptors (Lipinski definition) is 3. The molecule has 0 unspecified atom stereocenters. The summed E-state index contributed by atoms with van der Waals surface area (Å²) in [6.07, 6.45) is -2.70. The SMILES string of the molecule is CC(C)(NC(=O)c1ccc(C(F)(F)F)cc1)c1cn(Cc2ccccc2)nn1. The number of halogens is 3. The van der Waals surface area contributed by atoms with E-state index in [2.05, 4.69) is 15.6 Å². The molecular formula is C20H19F3N4O. The zero-order valence-electron chi connectivity index (χ0n) is 15.4. The zero-order chi connectivity index (χ0) is 20.4. The maximum absolute atomic E-state index is 12.7. The normalized spacial score (nSPS) is 12.0. The maximum atomic E-state index is 12.7. The van der Waals surface area contributed by atoms with Gasteiger partial charge in [0.15, 0.2) is 0 Å². The van der Waals surface area contributed by atoms with Gasteiger partial charge in [0.1, 0.15) is 5.69 Å². The standard InChI is InChI=1S/C20H19F3N4O/c1-19(2,17-13-27(26-25-17)12-14-6-4-3-5-7-14)24-18(28)15-8-10-16(11-9-15)20(21,22)23/h3-11,13H,12H2,1-2H3,(H,24,28). The van der Waals surface area contributed by atoms with E-state index < -0.39 is 23.2 Å². The minimum atomic E-state index is -4.44. The van der Waals surface area contributed by atoms with Crippen LogP contribution in [0.3, 0.4) is 0 Å². The lowest BCUT2D eigenvalue weighted by Crippen LogP contribution is -2.41. The highest BCUT2D eigenvalue weighted by Gasteiger charge is 2.31. The van der Waals surface area contributed by atoms with Crippen LogP contribution < -0.4 is 5.32 Å². The second kappa shape index (κ2) is 7.46. The molecule has 0 saturated heterocycles. The van der Waals surface area contributed by atoms with Crippen molar-refractivity contribution in [2.75, 3.05) is 0 Å². The summed E-state index contributed by atoms with van der Waals surface area (Å²) >= 11 is 0. The fourth-order valence-electron chi connectivity index (χ4n) is 2.66. The van der Waals surface area contributed by atoms with Gasteiger partial charge in [-0.1, -0.05) is 35.5 Å². The number of carbonyl (C=O) groups is 1. The smallest absolute Gasteiger partial charge is 0.341 e. The van der Waals surface area contributed by atoms with E-state index in [-0.39, 0.29) is 5.56 Å². The highest BCUT2D eigenvalue weighted by atomic mass is 19.4. The Morgan fingerprint density at radius 1 is 1.04 bits per heavy atom. The summed E-state index contributed by atoms with van der Waals surface area (Å²) in [5.41, 5.74) is 0.0912. The molecule has 0 saturated carbocycles. The van der Waals surface area contributed by atoms with Crippen molar-refractivity contribution >= 4 is 5.91 Å². The van der Waals surface area contributed by atoms with Crippen LogP contribution in [-0.4, -0.2) is 20.9 Å². The minimum Gasteiger partial charge on any atom is -0.341 e. The Hall–Kier alpha value is -3.16. The number of nitrogens with one attached hydrogen (secondary N) is 1. The summed E-state index contributed by atoms with van der Waals surface area (Å²) in [6.45, 7) is 4.05. The molecule has 0 atom stereocenters. The predicted octanol–water partition coefficient (Wildman–Crippen LogP) is 4.01. The van der Waals surface area contributed by atoms with E-state index in [9.17, 15) is 18.0 Å². The van der Waals surface area contributed by atoms with Gasteiger partial charge < -0.3 is 5.32 Å². The highest BCUT2D eigenvalue weighted by Crippen LogP contribution is 2.29. The van der Waals surface area contributed by atoms with Gasteiger partial charge in [-0.3, -0.25) is 4.79 Å². The van der Waals surface area contributed by atoms with Crippen molar-refractivity contribution in [3.63, 3.8) is 0 Å². The second-order valence-corrected chi connectivity index (χ2v) is 6.94. The average molecular weight is 388 g/mol. The number of nitrogens with zero attached hydrogens (tertiary/aromatic N) is 3. The lowest BCUT2D eigenvalue weighted by molar-refractivity contribution is -0.137. The molecule has 0 fully saturated rings. The predicted molar refractivity (Wildman–Crippen MR) is 97.5 cm³/mol. The van der Waals surface area contributed by atoms with Gasteiger partial charge in [0.05, 0.1) is 23.8 Å². The summed E-state index contributed by atoms with van der Waals surface area (Å²) < 4.78 is 39.6. The van der Waals surface area contributed by atoms with Crippen molar-refractivity contribution in [2.24, 2.45) is 0 Å². The monoisotopic (exact) mass is 388 g/mol. The number of rotatable bonds is 5. The van der Waals surface area contributed by atoms with E-state index in [1.807, 2.05) is 30.3 Å². The first kappa shape index (κ1) is 19.6. The molecule has 0 aliphatic heterocycles. The van der Waals surface area contributed by atoms with E-state index in [0.29, 0.717) is 12.2 Å². The number of benzene rings is 2. The van der Waals surface area contributed by atoms with Crippen LogP contribution in [0.2, 0.25) is 0 Å². The number of amides is 1. The second-order valence-electron chi connectivity index (χ2n) is 6.94. The van der Waals surface area contributed by atoms with Crippen LogP contribution in [0.4, 0.5) is 13.2 Å². The Morgan fingerprint density at radius 2 is 1.68 bits per heavy atom. The molecule has 0 spiro atoms. The molecule has 5 nitrogen and oxygen atoms in total. The Morgan fingerprint density at radius 3 is 2.29 bits per heavy atom. The molecular weight excluding hydrogens is 369 g/mol. The molecule has 3 aromatic rings. The average Bonchev–Trinajstić information content (AvgIpc) is 3.11. The fourth-order valence-corrected chi connectivity index (χ4v) is 2.66. The molecule has 1 N–H and O–H groups in total. The van der Waals surface area contributed by atoms with Gasteiger partial charge in [0.2, 0.25) is 0 Å². The lowest BCUT2D eigenvalue weighted by Gasteiger charge is -2.23. The quantitative estimate of drug-likeness (QED) is 0.719. The molecule has 3 rings (SSSR count). The zero-order valence-corrected chi connectivity index (χ0v) is 15.4. The van der Waals surface area contributed by atoms with Crippen molar-refractivity contribution < 1.29 is 18.0 Å². The van der Waals surface area contributed by atoms with Gasteiger partial charge in [-0.05, 0) is 43.7 Å². The summed E-state index contributed by atoms with van der Waals surface area (Å²) in [6, 6.07) is 13.8. The van der Waals surface area contributed by atoms with Crippen molar-refractivity contribution in [1.29, 1.82) is 0 Å².